The molecule has 0 radical (unpaired) electrons. The monoisotopic (exact) mass is 339 g/mol. The summed E-state index contributed by atoms with van der Waals surface area (Å²) in [5.41, 5.74) is 2.74. The molecule has 25 heavy (non-hydrogen) atoms. The summed E-state index contributed by atoms with van der Waals surface area (Å²) in [4.78, 5) is 7.11. The quantitative estimate of drug-likeness (QED) is 0.910. The van der Waals surface area contributed by atoms with Gasteiger partial charge in [0.25, 0.3) is 0 Å². The lowest BCUT2D eigenvalue weighted by Crippen LogP contribution is -2.37. The second-order valence-electron chi connectivity index (χ2n) is 7.31. The van der Waals surface area contributed by atoms with E-state index in [1.165, 1.54) is 43.6 Å². The topological polar surface area (TPSA) is 46.0 Å². The number of nitrogens with zero attached hydrogens (tertiary/aromatic N) is 4. The number of aryl methyl sites for hydroxylation is 2. The van der Waals surface area contributed by atoms with E-state index < -0.39 is 0 Å². The number of aromatic nitrogens is 3. The smallest absolute Gasteiger partial charge is 0.150 e. The van der Waals surface area contributed by atoms with E-state index in [0.29, 0.717) is 6.04 Å². The highest BCUT2D eigenvalue weighted by Crippen LogP contribution is 2.20. The van der Waals surface area contributed by atoms with E-state index in [-0.39, 0.29) is 0 Å². The van der Waals surface area contributed by atoms with Crippen LogP contribution >= 0.6 is 0 Å². The molecule has 4 rings (SSSR count). The van der Waals surface area contributed by atoms with Crippen LogP contribution in [0.4, 0.5) is 5.69 Å². The zero-order chi connectivity index (χ0) is 17.1. The molecule has 1 aromatic heterocycles. The van der Waals surface area contributed by atoms with Crippen LogP contribution in [0.2, 0.25) is 0 Å². The van der Waals surface area contributed by atoms with Gasteiger partial charge in [-0.15, -0.1) is 0 Å². The minimum absolute atomic E-state index is 0.487. The van der Waals surface area contributed by atoms with Gasteiger partial charge < -0.3 is 10.2 Å². The van der Waals surface area contributed by atoms with Gasteiger partial charge in [-0.1, -0.05) is 19.1 Å². The molecular formula is C20H29N5. The summed E-state index contributed by atoms with van der Waals surface area (Å²) in [5, 5.41) is 8.30. The highest BCUT2D eigenvalue weighted by atomic mass is 15.4. The first-order chi connectivity index (χ1) is 12.3. The summed E-state index contributed by atoms with van der Waals surface area (Å²) >= 11 is 0. The molecule has 0 unspecified atom stereocenters. The van der Waals surface area contributed by atoms with Crippen LogP contribution in [-0.4, -0.2) is 33.9 Å². The normalized spacial score (nSPS) is 20.5. The summed E-state index contributed by atoms with van der Waals surface area (Å²) in [5.74, 6) is 2.13. The van der Waals surface area contributed by atoms with Gasteiger partial charge in [-0.25, -0.2) is 9.67 Å². The van der Waals surface area contributed by atoms with Crippen molar-refractivity contribution in [1.82, 2.24) is 20.1 Å². The van der Waals surface area contributed by atoms with E-state index in [9.17, 15) is 0 Å². The third-order valence-corrected chi connectivity index (χ3v) is 5.47. The minimum Gasteiger partial charge on any atom is -0.372 e. The maximum absolute atomic E-state index is 4.60. The van der Waals surface area contributed by atoms with Crippen molar-refractivity contribution in [3.8, 4) is 0 Å². The molecule has 2 aromatic rings. The Balaban J connectivity index is 1.31. The van der Waals surface area contributed by atoms with Gasteiger partial charge in [0.15, 0.2) is 5.82 Å². The van der Waals surface area contributed by atoms with Crippen molar-refractivity contribution < 1.29 is 0 Å². The van der Waals surface area contributed by atoms with Crippen molar-refractivity contribution in [1.29, 1.82) is 0 Å². The summed E-state index contributed by atoms with van der Waals surface area (Å²) in [6.07, 6.45) is 7.13. The maximum Gasteiger partial charge on any atom is 0.150 e. The van der Waals surface area contributed by atoms with Crippen LogP contribution in [0, 0.1) is 0 Å². The molecule has 1 N–H and O–H groups in total. The number of hydrogen-bond donors (Lipinski definition) is 1. The lowest BCUT2D eigenvalue weighted by molar-refractivity contribution is 0.357. The Bertz CT molecular complexity index is 685. The molecule has 2 aliphatic rings. The Morgan fingerprint density at radius 2 is 1.92 bits per heavy atom. The van der Waals surface area contributed by atoms with Gasteiger partial charge in [-0.3, -0.25) is 0 Å². The fraction of sp³-hybridized carbons (Fsp3) is 0.600. The number of rotatable bonds is 5. The molecule has 0 bridgehead atoms. The average Bonchev–Trinajstić information content (AvgIpc) is 3.10. The lowest BCUT2D eigenvalue weighted by atomic mass is 10.1. The SMILES string of the molecule is CCc1nc2n(n1)C[C@@H](NCc1ccc(N3CCCCC3)cc1)CC2. The predicted octanol–water partition coefficient (Wildman–Crippen LogP) is 2.94. The molecule has 0 spiro atoms. The summed E-state index contributed by atoms with van der Waals surface area (Å²) < 4.78 is 2.10. The van der Waals surface area contributed by atoms with Crippen molar-refractivity contribution >= 4 is 5.69 Å². The van der Waals surface area contributed by atoms with Crippen LogP contribution in [0.25, 0.3) is 0 Å². The van der Waals surface area contributed by atoms with Gasteiger partial charge in [0.1, 0.15) is 5.82 Å². The summed E-state index contributed by atoms with van der Waals surface area (Å²) in [6.45, 7) is 6.40. The highest BCUT2D eigenvalue weighted by Gasteiger charge is 2.20. The van der Waals surface area contributed by atoms with E-state index in [1.807, 2.05) is 0 Å². The van der Waals surface area contributed by atoms with Gasteiger partial charge in [-0.05, 0) is 43.4 Å². The zero-order valence-electron chi connectivity index (χ0n) is 15.2. The van der Waals surface area contributed by atoms with Gasteiger partial charge in [-0.2, -0.15) is 5.10 Å². The van der Waals surface area contributed by atoms with E-state index in [1.54, 1.807) is 0 Å². The first-order valence-electron chi connectivity index (χ1n) is 9.81. The second kappa shape index (κ2) is 7.56. The van der Waals surface area contributed by atoms with E-state index >= 15 is 0 Å². The van der Waals surface area contributed by atoms with Crippen molar-refractivity contribution in [3.63, 3.8) is 0 Å². The van der Waals surface area contributed by atoms with Gasteiger partial charge >= 0.3 is 0 Å². The summed E-state index contributed by atoms with van der Waals surface area (Å²) in [7, 11) is 0. The molecule has 1 aromatic carbocycles. The minimum atomic E-state index is 0.487. The Kier molecular flexibility index (Phi) is 5.02. The fourth-order valence-electron chi connectivity index (χ4n) is 3.92. The van der Waals surface area contributed by atoms with Crippen LogP contribution < -0.4 is 10.2 Å². The number of fused-ring (bicyclic) bond motifs is 1. The van der Waals surface area contributed by atoms with Gasteiger partial charge in [0.2, 0.25) is 0 Å². The molecule has 134 valence electrons. The fourth-order valence-corrected chi connectivity index (χ4v) is 3.92. The highest BCUT2D eigenvalue weighted by molar-refractivity contribution is 5.47. The molecule has 0 amide bonds. The Labute approximate surface area is 150 Å². The molecule has 0 aliphatic carbocycles. The Morgan fingerprint density at radius 1 is 1.12 bits per heavy atom. The van der Waals surface area contributed by atoms with Crippen molar-refractivity contribution in [2.75, 3.05) is 18.0 Å². The Morgan fingerprint density at radius 3 is 2.68 bits per heavy atom. The van der Waals surface area contributed by atoms with Crippen molar-refractivity contribution in [3.05, 3.63) is 41.5 Å². The van der Waals surface area contributed by atoms with Crippen molar-refractivity contribution in [2.45, 2.75) is 64.6 Å². The Hall–Kier alpha value is -1.88. The number of benzene rings is 1. The third kappa shape index (κ3) is 3.87. The standard InChI is InChI=1S/C20H29N5/c1-2-19-22-20-11-8-17(15-25(20)23-19)21-14-16-6-9-18(10-7-16)24-12-4-3-5-13-24/h6-7,9-10,17,21H,2-5,8,11-15H2,1H3/t17-/m0/s1. The molecule has 5 nitrogen and oxygen atoms in total. The van der Waals surface area contributed by atoms with Crippen LogP contribution in [0.3, 0.4) is 0 Å². The molecular weight excluding hydrogens is 310 g/mol. The molecule has 1 atom stereocenters. The third-order valence-electron chi connectivity index (χ3n) is 5.47. The van der Waals surface area contributed by atoms with E-state index in [2.05, 4.69) is 56.2 Å². The van der Waals surface area contributed by atoms with Gasteiger partial charge in [0.05, 0.1) is 6.54 Å². The molecule has 5 heteroatoms. The van der Waals surface area contributed by atoms with Crippen LogP contribution in [0.1, 0.15) is 49.8 Å². The first kappa shape index (κ1) is 16.6. The number of piperidine rings is 1. The second-order valence-corrected chi connectivity index (χ2v) is 7.31. The summed E-state index contributed by atoms with van der Waals surface area (Å²) in [6, 6.07) is 9.60. The zero-order valence-corrected chi connectivity index (χ0v) is 15.2. The lowest BCUT2D eigenvalue weighted by Gasteiger charge is -2.29. The van der Waals surface area contributed by atoms with E-state index in [0.717, 1.165) is 44.0 Å². The maximum atomic E-state index is 4.60. The van der Waals surface area contributed by atoms with Crippen LogP contribution in [0.15, 0.2) is 24.3 Å². The van der Waals surface area contributed by atoms with Crippen LogP contribution in [0.5, 0.6) is 0 Å². The predicted molar refractivity (Wildman–Crippen MR) is 101 cm³/mol. The molecule has 1 fully saturated rings. The molecule has 1 saturated heterocycles. The first-order valence-corrected chi connectivity index (χ1v) is 9.81. The largest absolute Gasteiger partial charge is 0.372 e. The number of hydrogen-bond acceptors (Lipinski definition) is 4. The molecule has 3 heterocycles. The van der Waals surface area contributed by atoms with Gasteiger partial charge in [0, 0.05) is 44.2 Å². The molecule has 2 aliphatic heterocycles. The van der Waals surface area contributed by atoms with E-state index in [4.69, 9.17) is 0 Å². The number of nitrogens with one attached hydrogen (secondary N) is 1. The van der Waals surface area contributed by atoms with Crippen LogP contribution in [-0.2, 0) is 25.9 Å². The average molecular weight is 339 g/mol. The molecule has 0 saturated carbocycles. The number of anilines is 1. The van der Waals surface area contributed by atoms with Crippen molar-refractivity contribution in [2.24, 2.45) is 0 Å².